The maximum Gasteiger partial charge on any atom is 0.308 e. The molecule has 4 aromatic rings. The van der Waals surface area contributed by atoms with Gasteiger partial charge in [0.2, 0.25) is 0 Å². The monoisotopic (exact) mass is 710 g/mol. The first-order valence-corrected chi connectivity index (χ1v) is 19.9. The SMILES string of the molecule is C=CCN1CC[C@]23c4c5ccc(OC(C)=O)c4OC2C(N(CCCCCCc2ccccc2)CC(c2ccccc2)c2ccccc2)CC[C@@]3(O)[C@H]1C5. The standard InChI is InChI=1S/C47H54N2O4/c1-3-29-48-31-28-46-43-38-24-25-41(52-34(2)50)44(43)53-45(46)40(26-27-47(46,51)42(48)32-38)49(30-16-5-4-9-17-35-18-10-6-11-19-35)33-39(36-20-12-7-13-21-36)37-22-14-8-15-23-37/h3,6-8,10-15,18-25,39-40,42,45,51H,1,4-5,9,16-17,26-33H2,2H3/t40?,42-,45?,46+,47-/m1/s1. The highest BCUT2D eigenvalue weighted by molar-refractivity contribution is 5.72. The molecule has 2 aliphatic heterocycles. The lowest BCUT2D eigenvalue weighted by atomic mass is 9.48. The number of rotatable bonds is 15. The Labute approximate surface area is 315 Å². The van der Waals surface area contributed by atoms with Crippen molar-refractivity contribution in [1.29, 1.82) is 0 Å². The third kappa shape index (κ3) is 6.53. The second kappa shape index (κ2) is 15.3. The zero-order chi connectivity index (χ0) is 36.4. The summed E-state index contributed by atoms with van der Waals surface area (Å²) in [5.74, 6) is 0.968. The smallest absolute Gasteiger partial charge is 0.308 e. The molecule has 4 aromatic carbocycles. The second-order valence-corrected chi connectivity index (χ2v) is 15.8. The summed E-state index contributed by atoms with van der Waals surface area (Å²) >= 11 is 0. The highest BCUT2D eigenvalue weighted by Crippen LogP contribution is 2.66. The second-order valence-electron chi connectivity index (χ2n) is 15.8. The predicted molar refractivity (Wildman–Crippen MR) is 211 cm³/mol. The number of likely N-dealkylation sites (tertiary alicyclic amines) is 1. The van der Waals surface area contributed by atoms with Crippen molar-refractivity contribution in [3.63, 3.8) is 0 Å². The van der Waals surface area contributed by atoms with E-state index < -0.39 is 11.0 Å². The maximum absolute atomic E-state index is 13.2. The number of esters is 1. The van der Waals surface area contributed by atoms with Gasteiger partial charge in [0.1, 0.15) is 6.10 Å². The lowest BCUT2D eigenvalue weighted by Gasteiger charge is -2.65. The van der Waals surface area contributed by atoms with E-state index in [2.05, 4.69) is 113 Å². The van der Waals surface area contributed by atoms with Crippen molar-refractivity contribution in [3.8, 4) is 11.5 Å². The fourth-order valence-corrected chi connectivity index (χ4v) is 10.6. The van der Waals surface area contributed by atoms with Crippen molar-refractivity contribution in [2.75, 3.05) is 26.2 Å². The van der Waals surface area contributed by atoms with Crippen molar-refractivity contribution in [3.05, 3.63) is 144 Å². The van der Waals surface area contributed by atoms with Crippen molar-refractivity contribution >= 4 is 5.97 Å². The Bertz CT molecular complexity index is 1840. The third-order valence-electron chi connectivity index (χ3n) is 12.9. The molecule has 2 unspecified atom stereocenters. The van der Waals surface area contributed by atoms with Gasteiger partial charge in [-0.3, -0.25) is 14.6 Å². The van der Waals surface area contributed by atoms with Gasteiger partial charge in [-0.25, -0.2) is 0 Å². The van der Waals surface area contributed by atoms with Crippen LogP contribution >= 0.6 is 0 Å². The molecule has 2 heterocycles. The topological polar surface area (TPSA) is 62.2 Å². The molecule has 1 saturated heterocycles. The number of hydrogen-bond donors (Lipinski definition) is 1. The van der Waals surface area contributed by atoms with Crippen LogP contribution in [0.5, 0.6) is 11.5 Å². The van der Waals surface area contributed by atoms with Gasteiger partial charge in [-0.15, -0.1) is 6.58 Å². The number of hydrogen-bond acceptors (Lipinski definition) is 6. The van der Waals surface area contributed by atoms with Crippen molar-refractivity contribution < 1.29 is 19.4 Å². The zero-order valence-corrected chi connectivity index (χ0v) is 31.2. The van der Waals surface area contributed by atoms with Gasteiger partial charge in [0, 0.05) is 43.6 Å². The average molecular weight is 711 g/mol. The van der Waals surface area contributed by atoms with E-state index in [1.165, 1.54) is 42.0 Å². The summed E-state index contributed by atoms with van der Waals surface area (Å²) in [6, 6.07) is 36.7. The molecule has 4 aliphatic rings. The fraction of sp³-hybridized carbons (Fsp3) is 0.426. The molecule has 2 aliphatic carbocycles. The lowest BCUT2D eigenvalue weighted by Crippen LogP contribution is -2.78. The number of aliphatic hydroxyl groups is 1. The summed E-state index contributed by atoms with van der Waals surface area (Å²) in [5.41, 5.74) is 4.76. The largest absolute Gasteiger partial charge is 0.483 e. The minimum Gasteiger partial charge on any atom is -0.483 e. The number of ether oxygens (including phenoxy) is 2. The van der Waals surface area contributed by atoms with Crippen LogP contribution in [0.25, 0.3) is 0 Å². The van der Waals surface area contributed by atoms with Crippen molar-refractivity contribution in [1.82, 2.24) is 9.80 Å². The van der Waals surface area contributed by atoms with Crippen LogP contribution in [0, 0.1) is 0 Å². The molecule has 1 saturated carbocycles. The Morgan fingerprint density at radius 1 is 0.943 bits per heavy atom. The molecular weight excluding hydrogens is 657 g/mol. The van der Waals surface area contributed by atoms with E-state index in [0.717, 1.165) is 70.3 Å². The van der Waals surface area contributed by atoms with Crippen LogP contribution in [0.15, 0.2) is 116 Å². The summed E-state index contributed by atoms with van der Waals surface area (Å²) in [5, 5.41) is 13.2. The van der Waals surface area contributed by atoms with Crippen molar-refractivity contribution in [2.45, 2.75) is 99.8 Å². The van der Waals surface area contributed by atoms with Crippen LogP contribution in [0.1, 0.15) is 85.6 Å². The van der Waals surface area contributed by atoms with Gasteiger partial charge in [0.15, 0.2) is 11.5 Å². The van der Waals surface area contributed by atoms with E-state index in [1.54, 1.807) is 0 Å². The minimum absolute atomic E-state index is 0.0289. The Morgan fingerprint density at radius 3 is 2.30 bits per heavy atom. The van der Waals surface area contributed by atoms with Gasteiger partial charge in [-0.05, 0) is 86.4 Å². The molecule has 5 atom stereocenters. The Morgan fingerprint density at radius 2 is 1.62 bits per heavy atom. The number of carbonyl (C=O) groups is 1. The maximum atomic E-state index is 13.2. The highest BCUT2D eigenvalue weighted by Gasteiger charge is 2.73. The number of benzene rings is 4. The van der Waals surface area contributed by atoms with Crippen molar-refractivity contribution in [2.24, 2.45) is 0 Å². The number of unbranched alkanes of at least 4 members (excludes halogenated alkanes) is 3. The lowest BCUT2D eigenvalue weighted by molar-refractivity contribution is -0.198. The van der Waals surface area contributed by atoms with E-state index >= 15 is 0 Å². The fourth-order valence-electron chi connectivity index (χ4n) is 10.6. The van der Waals surface area contributed by atoms with Gasteiger partial charge in [0.25, 0.3) is 0 Å². The highest BCUT2D eigenvalue weighted by atomic mass is 16.6. The van der Waals surface area contributed by atoms with Gasteiger partial charge in [0.05, 0.1) is 11.0 Å². The first kappa shape index (κ1) is 35.8. The molecule has 2 bridgehead atoms. The Balaban J connectivity index is 1.15. The average Bonchev–Trinajstić information content (AvgIpc) is 3.53. The molecule has 2 fully saturated rings. The van der Waals surface area contributed by atoms with Crippen LogP contribution in [0.2, 0.25) is 0 Å². The predicted octanol–water partition coefficient (Wildman–Crippen LogP) is 8.26. The van der Waals surface area contributed by atoms with Crippen LogP contribution in [0.3, 0.4) is 0 Å². The normalized spacial score (nSPS) is 25.5. The molecule has 6 heteroatoms. The number of aryl methyl sites for hydroxylation is 1. The van der Waals surface area contributed by atoms with Gasteiger partial charge in [-0.2, -0.15) is 0 Å². The van der Waals surface area contributed by atoms with Crippen LogP contribution in [0.4, 0.5) is 0 Å². The molecule has 0 amide bonds. The molecule has 1 spiro atoms. The summed E-state index contributed by atoms with van der Waals surface area (Å²) in [6.45, 7) is 8.93. The zero-order valence-electron chi connectivity index (χ0n) is 31.2. The molecular formula is C47H54N2O4. The molecule has 1 N–H and O–H groups in total. The van der Waals surface area contributed by atoms with E-state index in [4.69, 9.17) is 9.47 Å². The van der Waals surface area contributed by atoms with E-state index in [9.17, 15) is 9.90 Å². The van der Waals surface area contributed by atoms with Crippen LogP contribution < -0.4 is 9.47 Å². The quantitative estimate of drug-likeness (QED) is 0.0581. The van der Waals surface area contributed by atoms with E-state index in [0.29, 0.717) is 17.9 Å². The van der Waals surface area contributed by atoms with Gasteiger partial charge < -0.3 is 14.6 Å². The number of nitrogens with zero attached hydrogens (tertiary/aromatic N) is 2. The summed E-state index contributed by atoms with van der Waals surface area (Å²) in [7, 11) is 0. The summed E-state index contributed by atoms with van der Waals surface area (Å²) in [4.78, 5) is 17.5. The Kier molecular flexibility index (Phi) is 10.3. The van der Waals surface area contributed by atoms with Crippen LogP contribution in [-0.4, -0.2) is 70.8 Å². The van der Waals surface area contributed by atoms with Gasteiger partial charge >= 0.3 is 5.97 Å². The molecule has 8 rings (SSSR count). The molecule has 0 radical (unpaired) electrons. The summed E-state index contributed by atoms with van der Waals surface area (Å²) in [6.07, 6.45) is 10.5. The number of piperidine rings is 1. The van der Waals surface area contributed by atoms with E-state index in [1.807, 2.05) is 12.1 Å². The Hall–Kier alpha value is -4.23. The van der Waals surface area contributed by atoms with Crippen LogP contribution in [-0.2, 0) is 23.1 Å². The molecule has 0 aromatic heterocycles. The van der Waals surface area contributed by atoms with Gasteiger partial charge in [-0.1, -0.05) is 116 Å². The first-order chi connectivity index (χ1) is 25.9. The third-order valence-corrected chi connectivity index (χ3v) is 12.9. The summed E-state index contributed by atoms with van der Waals surface area (Å²) < 4.78 is 13.1. The first-order valence-electron chi connectivity index (χ1n) is 19.9. The molecule has 276 valence electrons. The minimum atomic E-state index is -0.968. The number of carbonyl (C=O) groups excluding carboxylic acids is 1. The molecule has 6 nitrogen and oxygen atoms in total. The van der Waals surface area contributed by atoms with E-state index in [-0.39, 0.29) is 30.1 Å². The molecule has 53 heavy (non-hydrogen) atoms.